The summed E-state index contributed by atoms with van der Waals surface area (Å²) >= 11 is 0. The Kier molecular flexibility index (Phi) is 11.8. The molecule has 206 valence electrons. The maximum Gasteiger partial charge on any atom is 0.407 e. The van der Waals surface area contributed by atoms with Crippen molar-refractivity contribution in [1.29, 1.82) is 0 Å². The van der Waals surface area contributed by atoms with Crippen molar-refractivity contribution < 1.29 is 24.2 Å². The Labute approximate surface area is 229 Å². The average Bonchev–Trinajstić information content (AvgIpc) is 2.95. The lowest BCUT2D eigenvalue weighted by molar-refractivity contribution is -0.122. The highest BCUT2D eigenvalue weighted by molar-refractivity contribution is 5.81. The molecular weight excluding hydrogens is 496 g/mol. The predicted octanol–water partition coefficient (Wildman–Crippen LogP) is 3.93. The first kappa shape index (κ1) is 29.2. The Morgan fingerprint density at radius 3 is 2.00 bits per heavy atom. The Morgan fingerprint density at radius 1 is 0.846 bits per heavy atom. The zero-order valence-corrected chi connectivity index (χ0v) is 21.9. The van der Waals surface area contributed by atoms with Crippen molar-refractivity contribution in [2.45, 2.75) is 44.5 Å². The Morgan fingerprint density at radius 2 is 1.41 bits per heavy atom. The fraction of sp³-hybridized carbons (Fsp3) is 0.300. The molecule has 9 heteroatoms. The highest BCUT2D eigenvalue weighted by atomic mass is 16.5. The smallest absolute Gasteiger partial charge is 0.407 e. The van der Waals surface area contributed by atoms with E-state index in [-0.39, 0.29) is 32.1 Å². The molecule has 9 nitrogen and oxygen atoms in total. The zero-order valence-electron chi connectivity index (χ0n) is 21.9. The van der Waals surface area contributed by atoms with Gasteiger partial charge in [0.2, 0.25) is 5.91 Å². The lowest BCUT2D eigenvalue weighted by Gasteiger charge is -2.22. The fourth-order valence-corrected chi connectivity index (χ4v) is 4.04. The van der Waals surface area contributed by atoms with Crippen LogP contribution in [0.4, 0.5) is 9.59 Å². The monoisotopic (exact) mass is 532 g/mol. The van der Waals surface area contributed by atoms with Gasteiger partial charge >= 0.3 is 12.2 Å². The van der Waals surface area contributed by atoms with E-state index in [1.165, 1.54) is 4.90 Å². The molecule has 0 aliphatic carbocycles. The summed E-state index contributed by atoms with van der Waals surface area (Å²) in [7, 11) is 0. The van der Waals surface area contributed by atoms with E-state index in [2.05, 4.69) is 10.6 Å². The van der Waals surface area contributed by atoms with Crippen molar-refractivity contribution in [2.75, 3.05) is 13.1 Å². The number of alkyl carbamates (subject to hydrolysis) is 1. The summed E-state index contributed by atoms with van der Waals surface area (Å²) in [4.78, 5) is 38.1. The SMILES string of the molecule is N[C@H](CCCN(Cc1ccccc1)C(=O)O)C(=O)NC[C@H](Cc1ccccc1)NC(=O)OCc1ccccc1. The number of amides is 3. The minimum absolute atomic E-state index is 0.138. The molecule has 0 saturated carbocycles. The maximum absolute atomic E-state index is 12.7. The van der Waals surface area contributed by atoms with Gasteiger partial charge in [0.15, 0.2) is 0 Å². The number of rotatable bonds is 14. The molecule has 0 spiro atoms. The van der Waals surface area contributed by atoms with Gasteiger partial charge in [0.05, 0.1) is 12.1 Å². The van der Waals surface area contributed by atoms with Crippen molar-refractivity contribution in [2.24, 2.45) is 5.73 Å². The van der Waals surface area contributed by atoms with E-state index in [0.717, 1.165) is 16.7 Å². The minimum Gasteiger partial charge on any atom is -0.465 e. The van der Waals surface area contributed by atoms with Crippen LogP contribution in [0.15, 0.2) is 91.0 Å². The lowest BCUT2D eigenvalue weighted by Crippen LogP contribution is -2.49. The third-order valence-electron chi connectivity index (χ3n) is 6.15. The summed E-state index contributed by atoms with van der Waals surface area (Å²) in [6.07, 6.45) is -0.355. The number of nitrogens with two attached hydrogens (primary N) is 1. The summed E-state index contributed by atoms with van der Waals surface area (Å²) < 4.78 is 5.35. The average molecular weight is 533 g/mol. The van der Waals surface area contributed by atoms with Crippen LogP contribution >= 0.6 is 0 Å². The number of nitrogens with zero attached hydrogens (tertiary/aromatic N) is 1. The molecule has 39 heavy (non-hydrogen) atoms. The van der Waals surface area contributed by atoms with Gasteiger partial charge in [-0.1, -0.05) is 91.0 Å². The highest BCUT2D eigenvalue weighted by Gasteiger charge is 2.19. The second-order valence-electron chi connectivity index (χ2n) is 9.28. The van der Waals surface area contributed by atoms with E-state index in [4.69, 9.17) is 10.5 Å². The molecule has 3 amide bonds. The number of hydrogen-bond acceptors (Lipinski definition) is 5. The standard InChI is InChI=1S/C30H36N4O5/c31-27(17-10-18-34(30(37)38)21-24-13-6-2-7-14-24)28(35)32-20-26(19-23-11-4-1-5-12-23)33-29(36)39-22-25-15-8-3-9-16-25/h1-9,11-16,26-27H,10,17-22,31H2,(H,32,35)(H,33,36)(H,37,38)/t26-,27+/m0/s1. The number of carbonyl (C=O) groups is 3. The van der Waals surface area contributed by atoms with Gasteiger partial charge in [-0.05, 0) is 36.0 Å². The molecule has 0 fully saturated rings. The minimum atomic E-state index is -1.02. The largest absolute Gasteiger partial charge is 0.465 e. The zero-order chi connectivity index (χ0) is 27.9. The van der Waals surface area contributed by atoms with Crippen molar-refractivity contribution in [3.63, 3.8) is 0 Å². The van der Waals surface area contributed by atoms with Crippen molar-refractivity contribution in [1.82, 2.24) is 15.5 Å². The highest BCUT2D eigenvalue weighted by Crippen LogP contribution is 2.08. The van der Waals surface area contributed by atoms with Gasteiger partial charge in [-0.3, -0.25) is 4.79 Å². The number of hydrogen-bond donors (Lipinski definition) is 4. The van der Waals surface area contributed by atoms with Gasteiger partial charge in [-0.2, -0.15) is 0 Å². The number of carboxylic acid groups (broad SMARTS) is 1. The quantitative estimate of drug-likeness (QED) is 0.249. The molecule has 0 bridgehead atoms. The molecule has 0 aromatic heterocycles. The van der Waals surface area contributed by atoms with Crippen LogP contribution in [0.25, 0.3) is 0 Å². The van der Waals surface area contributed by atoms with Crippen molar-refractivity contribution in [3.05, 3.63) is 108 Å². The molecule has 0 unspecified atom stereocenters. The van der Waals surface area contributed by atoms with Crippen LogP contribution in [0.3, 0.4) is 0 Å². The van der Waals surface area contributed by atoms with E-state index >= 15 is 0 Å². The number of benzene rings is 3. The molecule has 0 radical (unpaired) electrons. The molecule has 0 saturated heterocycles. The van der Waals surface area contributed by atoms with E-state index in [1.54, 1.807) is 0 Å². The van der Waals surface area contributed by atoms with E-state index in [9.17, 15) is 19.5 Å². The molecule has 0 aliphatic heterocycles. The van der Waals surface area contributed by atoms with Gasteiger partial charge < -0.3 is 31.1 Å². The van der Waals surface area contributed by atoms with Crippen LogP contribution < -0.4 is 16.4 Å². The third-order valence-corrected chi connectivity index (χ3v) is 6.15. The lowest BCUT2D eigenvalue weighted by atomic mass is 10.1. The molecule has 5 N–H and O–H groups in total. The summed E-state index contributed by atoms with van der Waals surface area (Å²) in [5.41, 5.74) is 8.85. The van der Waals surface area contributed by atoms with Gasteiger partial charge in [0.1, 0.15) is 6.61 Å². The van der Waals surface area contributed by atoms with Crippen LogP contribution in [0.2, 0.25) is 0 Å². The molecule has 2 atom stereocenters. The number of ether oxygens (including phenoxy) is 1. The molecule has 0 aliphatic rings. The predicted molar refractivity (Wildman–Crippen MR) is 149 cm³/mol. The Hall–Kier alpha value is -4.37. The van der Waals surface area contributed by atoms with Gasteiger partial charge in [0, 0.05) is 19.6 Å². The van der Waals surface area contributed by atoms with E-state index < -0.39 is 24.3 Å². The van der Waals surface area contributed by atoms with Gasteiger partial charge in [-0.25, -0.2) is 9.59 Å². The third kappa shape index (κ3) is 10.9. The van der Waals surface area contributed by atoms with Gasteiger partial charge in [-0.15, -0.1) is 0 Å². The topological polar surface area (TPSA) is 134 Å². The number of nitrogens with one attached hydrogen (secondary N) is 2. The molecule has 0 heterocycles. The summed E-state index contributed by atoms with van der Waals surface area (Å²) in [5, 5.41) is 15.2. The summed E-state index contributed by atoms with van der Waals surface area (Å²) in [6.45, 7) is 0.832. The molecular formula is C30H36N4O5. The molecule has 3 rings (SSSR count). The summed E-state index contributed by atoms with van der Waals surface area (Å²) in [6, 6.07) is 27.1. The Bertz CT molecular complexity index is 1160. The number of carbonyl (C=O) groups excluding carboxylic acids is 2. The van der Waals surface area contributed by atoms with Crippen LogP contribution in [-0.2, 0) is 29.1 Å². The van der Waals surface area contributed by atoms with Crippen LogP contribution in [0.5, 0.6) is 0 Å². The van der Waals surface area contributed by atoms with Crippen LogP contribution in [0.1, 0.15) is 29.5 Å². The van der Waals surface area contributed by atoms with E-state index in [0.29, 0.717) is 19.3 Å². The Balaban J connectivity index is 1.47. The van der Waals surface area contributed by atoms with Crippen LogP contribution in [-0.4, -0.2) is 53.3 Å². The van der Waals surface area contributed by atoms with Crippen molar-refractivity contribution >= 4 is 18.1 Å². The second-order valence-corrected chi connectivity index (χ2v) is 9.28. The van der Waals surface area contributed by atoms with Gasteiger partial charge in [0.25, 0.3) is 0 Å². The van der Waals surface area contributed by atoms with E-state index in [1.807, 2.05) is 91.0 Å². The second kappa shape index (κ2) is 15.8. The first-order valence-electron chi connectivity index (χ1n) is 13.0. The molecule has 3 aromatic carbocycles. The van der Waals surface area contributed by atoms with Crippen LogP contribution in [0, 0.1) is 0 Å². The fourth-order valence-electron chi connectivity index (χ4n) is 4.04. The first-order chi connectivity index (χ1) is 18.9. The normalized spacial score (nSPS) is 12.1. The first-order valence-corrected chi connectivity index (χ1v) is 13.0. The maximum atomic E-state index is 12.7. The van der Waals surface area contributed by atoms with Crippen molar-refractivity contribution in [3.8, 4) is 0 Å². The summed E-state index contributed by atoms with van der Waals surface area (Å²) in [5.74, 6) is -0.363. The molecule has 3 aromatic rings.